The molecule has 0 atom stereocenters. The molecule has 0 aliphatic carbocycles. The van der Waals surface area contributed by atoms with Gasteiger partial charge in [-0.2, -0.15) is 0 Å². The van der Waals surface area contributed by atoms with Crippen molar-refractivity contribution in [1.82, 2.24) is 0 Å². The summed E-state index contributed by atoms with van der Waals surface area (Å²) in [4.78, 5) is 0. The highest BCUT2D eigenvalue weighted by molar-refractivity contribution is 6.54. The lowest BCUT2D eigenvalue weighted by Crippen LogP contribution is -2.33. The van der Waals surface area contributed by atoms with Crippen LogP contribution in [0.2, 0.25) is 6.32 Å². The second-order valence-corrected chi connectivity index (χ2v) is 6.56. The molecular formula is C15H25B. The average molecular weight is 216 g/mol. The number of rotatable bonds is 3. The molecule has 0 aromatic heterocycles. The first-order valence-corrected chi connectivity index (χ1v) is 6.28. The lowest BCUT2D eigenvalue weighted by molar-refractivity contribution is 0.157. The van der Waals surface area contributed by atoms with E-state index in [-0.39, 0.29) is 0 Å². The van der Waals surface area contributed by atoms with Crippen LogP contribution in [0.15, 0.2) is 24.3 Å². The molecule has 0 saturated carbocycles. The van der Waals surface area contributed by atoms with Crippen LogP contribution in [-0.4, -0.2) is 7.28 Å². The van der Waals surface area contributed by atoms with E-state index in [0.717, 1.165) is 0 Å². The van der Waals surface area contributed by atoms with E-state index in [1.54, 1.807) is 0 Å². The van der Waals surface area contributed by atoms with Gasteiger partial charge in [0.25, 0.3) is 0 Å². The third-order valence-corrected chi connectivity index (χ3v) is 4.31. The van der Waals surface area contributed by atoms with Gasteiger partial charge in [-0.1, -0.05) is 76.2 Å². The van der Waals surface area contributed by atoms with Crippen LogP contribution in [0.5, 0.6) is 0 Å². The summed E-state index contributed by atoms with van der Waals surface area (Å²) in [5, 5.41) is 0. The Hall–Kier alpha value is -0.715. The fraction of sp³-hybridized carbons (Fsp3) is 0.600. The Bertz CT molecular complexity index is 345. The average Bonchev–Trinajstić information content (AvgIpc) is 2.15. The van der Waals surface area contributed by atoms with Crippen molar-refractivity contribution < 1.29 is 0 Å². The molecule has 1 rings (SSSR count). The fourth-order valence-electron chi connectivity index (χ4n) is 1.71. The second-order valence-electron chi connectivity index (χ2n) is 6.56. The molecule has 0 amide bonds. The Morgan fingerprint density at radius 3 is 2.06 bits per heavy atom. The van der Waals surface area contributed by atoms with E-state index < -0.39 is 0 Å². The molecule has 0 unspecified atom stereocenters. The molecule has 0 aliphatic rings. The summed E-state index contributed by atoms with van der Waals surface area (Å²) < 4.78 is 0. The Morgan fingerprint density at radius 1 is 1.00 bits per heavy atom. The molecule has 0 radical (unpaired) electrons. The highest BCUT2D eigenvalue weighted by Crippen LogP contribution is 2.40. The first kappa shape index (κ1) is 13.4. The van der Waals surface area contributed by atoms with Gasteiger partial charge in [0.05, 0.1) is 0 Å². The van der Waals surface area contributed by atoms with E-state index in [9.17, 15) is 0 Å². The molecule has 16 heavy (non-hydrogen) atoms. The second kappa shape index (κ2) is 4.65. The van der Waals surface area contributed by atoms with Crippen molar-refractivity contribution in [3.63, 3.8) is 0 Å². The number of aryl methyl sites for hydroxylation is 1. The normalized spacial score (nSPS) is 12.6. The molecule has 0 aliphatic heterocycles. The summed E-state index contributed by atoms with van der Waals surface area (Å²) in [6, 6.07) is 8.73. The summed E-state index contributed by atoms with van der Waals surface area (Å²) in [5.74, 6) is 0. The van der Waals surface area contributed by atoms with Crippen molar-refractivity contribution in [3.8, 4) is 0 Å². The van der Waals surface area contributed by atoms with Crippen LogP contribution in [0.4, 0.5) is 0 Å². The molecular weight excluding hydrogens is 191 g/mol. The summed E-state index contributed by atoms with van der Waals surface area (Å²) in [5.41, 5.74) is 3.68. The minimum Gasteiger partial charge on any atom is -0.0816 e. The van der Waals surface area contributed by atoms with Gasteiger partial charge in [-0.25, -0.2) is 0 Å². The topological polar surface area (TPSA) is 0 Å². The highest BCUT2D eigenvalue weighted by atomic mass is 14.3. The SMILES string of the molecule is Cc1ccccc1BCC(C)(C)C(C)(C)C. The van der Waals surface area contributed by atoms with Crippen LogP contribution >= 0.6 is 0 Å². The van der Waals surface area contributed by atoms with E-state index >= 15 is 0 Å². The zero-order valence-corrected chi connectivity index (χ0v) is 11.7. The maximum Gasteiger partial charge on any atom is 0.158 e. The van der Waals surface area contributed by atoms with Gasteiger partial charge < -0.3 is 0 Å². The van der Waals surface area contributed by atoms with Crippen molar-refractivity contribution in [1.29, 1.82) is 0 Å². The molecule has 88 valence electrons. The van der Waals surface area contributed by atoms with Crippen molar-refractivity contribution in [2.24, 2.45) is 10.8 Å². The van der Waals surface area contributed by atoms with Gasteiger partial charge in [0.2, 0.25) is 0 Å². The molecule has 1 aromatic rings. The maximum atomic E-state index is 2.38. The maximum absolute atomic E-state index is 2.38. The summed E-state index contributed by atoms with van der Waals surface area (Å²) in [7, 11) is 1.19. The van der Waals surface area contributed by atoms with E-state index in [2.05, 4.69) is 65.8 Å². The van der Waals surface area contributed by atoms with Gasteiger partial charge >= 0.3 is 0 Å². The summed E-state index contributed by atoms with van der Waals surface area (Å²) in [6.07, 6.45) is 1.25. The van der Waals surface area contributed by atoms with E-state index in [1.165, 1.54) is 24.6 Å². The summed E-state index contributed by atoms with van der Waals surface area (Å²) >= 11 is 0. The molecule has 0 nitrogen and oxygen atoms in total. The predicted octanol–water partition coefficient (Wildman–Crippen LogP) is 3.55. The van der Waals surface area contributed by atoms with Gasteiger partial charge in [-0.05, 0) is 17.8 Å². The van der Waals surface area contributed by atoms with Gasteiger partial charge in [-0.3, -0.25) is 0 Å². The zero-order valence-electron chi connectivity index (χ0n) is 11.7. The molecule has 1 aromatic carbocycles. The minimum atomic E-state index is 0.371. The summed E-state index contributed by atoms with van der Waals surface area (Å²) in [6.45, 7) is 14.0. The van der Waals surface area contributed by atoms with Crippen LogP contribution < -0.4 is 5.46 Å². The number of hydrogen-bond donors (Lipinski definition) is 0. The molecule has 0 saturated heterocycles. The van der Waals surface area contributed by atoms with Crippen LogP contribution in [0, 0.1) is 17.8 Å². The molecule has 0 spiro atoms. The molecule has 0 bridgehead atoms. The van der Waals surface area contributed by atoms with Crippen LogP contribution in [0.1, 0.15) is 40.2 Å². The minimum absolute atomic E-state index is 0.371. The smallest absolute Gasteiger partial charge is 0.0816 e. The standard InChI is InChI=1S/C15H25B/c1-12-9-7-8-10-13(12)16-11-15(5,6)14(2,3)4/h7-10,16H,11H2,1-6H3. The quantitative estimate of drug-likeness (QED) is 0.678. The molecule has 0 fully saturated rings. The Labute approximate surface area is 102 Å². The first-order valence-electron chi connectivity index (χ1n) is 6.28. The fourth-order valence-corrected chi connectivity index (χ4v) is 1.71. The van der Waals surface area contributed by atoms with E-state index in [0.29, 0.717) is 10.8 Å². The van der Waals surface area contributed by atoms with Crippen LogP contribution in [0.3, 0.4) is 0 Å². The molecule has 1 heteroatoms. The lowest BCUT2D eigenvalue weighted by Gasteiger charge is -2.39. The van der Waals surface area contributed by atoms with Gasteiger partial charge in [0.1, 0.15) is 0 Å². The first-order chi connectivity index (χ1) is 7.24. The monoisotopic (exact) mass is 216 g/mol. The Kier molecular flexibility index (Phi) is 3.88. The number of benzene rings is 1. The third kappa shape index (κ3) is 3.14. The van der Waals surface area contributed by atoms with Crippen LogP contribution in [0.25, 0.3) is 0 Å². The highest BCUT2D eigenvalue weighted by Gasteiger charge is 2.32. The largest absolute Gasteiger partial charge is 0.158 e. The van der Waals surface area contributed by atoms with Crippen molar-refractivity contribution in [2.45, 2.75) is 47.9 Å². The Morgan fingerprint density at radius 2 is 1.56 bits per heavy atom. The molecule has 0 N–H and O–H groups in total. The van der Waals surface area contributed by atoms with Crippen molar-refractivity contribution >= 4 is 12.7 Å². The van der Waals surface area contributed by atoms with Crippen molar-refractivity contribution in [3.05, 3.63) is 29.8 Å². The molecule has 0 heterocycles. The van der Waals surface area contributed by atoms with E-state index in [1.807, 2.05) is 0 Å². The van der Waals surface area contributed by atoms with Crippen LogP contribution in [-0.2, 0) is 0 Å². The van der Waals surface area contributed by atoms with Gasteiger partial charge in [0, 0.05) is 0 Å². The van der Waals surface area contributed by atoms with Crippen molar-refractivity contribution in [2.75, 3.05) is 0 Å². The number of hydrogen-bond acceptors (Lipinski definition) is 0. The van der Waals surface area contributed by atoms with Gasteiger partial charge in [0.15, 0.2) is 7.28 Å². The van der Waals surface area contributed by atoms with Gasteiger partial charge in [-0.15, -0.1) is 0 Å². The Balaban J connectivity index is 2.69. The zero-order chi connectivity index (χ0) is 12.4. The predicted molar refractivity (Wildman–Crippen MR) is 76.0 cm³/mol. The third-order valence-electron chi connectivity index (χ3n) is 4.31. The van der Waals surface area contributed by atoms with E-state index in [4.69, 9.17) is 0 Å². The lowest BCUT2D eigenvalue weighted by atomic mass is 9.53.